The Balaban J connectivity index is 1.91. The van der Waals surface area contributed by atoms with Gasteiger partial charge in [-0.25, -0.2) is 0 Å². The van der Waals surface area contributed by atoms with E-state index in [1.807, 2.05) is 46.8 Å². The molecule has 0 saturated carbocycles. The van der Waals surface area contributed by atoms with E-state index in [0.717, 1.165) is 16.7 Å². The number of aryl methyl sites for hydroxylation is 1. The van der Waals surface area contributed by atoms with Crippen LogP contribution in [0.2, 0.25) is 0 Å². The molecule has 3 rings (SSSR count). The van der Waals surface area contributed by atoms with Crippen molar-refractivity contribution in [1.29, 1.82) is 0 Å². The number of hydrogen-bond donors (Lipinski definition) is 0. The highest BCUT2D eigenvalue weighted by molar-refractivity contribution is 6.62. The molecule has 110 valence electrons. The highest BCUT2D eigenvalue weighted by Crippen LogP contribution is 2.36. The number of pyridine rings is 1. The second-order valence-corrected chi connectivity index (χ2v) is 6.43. The van der Waals surface area contributed by atoms with Crippen molar-refractivity contribution >= 4 is 12.6 Å². The molecule has 0 radical (unpaired) electrons. The lowest BCUT2D eigenvalue weighted by Crippen LogP contribution is -2.41. The molecule has 0 aromatic carbocycles. The van der Waals surface area contributed by atoms with E-state index in [0.29, 0.717) is 5.76 Å². The van der Waals surface area contributed by atoms with Crippen molar-refractivity contribution in [1.82, 2.24) is 10.1 Å². The van der Waals surface area contributed by atoms with Gasteiger partial charge in [0.1, 0.15) is 0 Å². The summed E-state index contributed by atoms with van der Waals surface area (Å²) in [5.41, 5.74) is 1.85. The Bertz CT molecular complexity index is 650. The maximum absolute atomic E-state index is 6.04. The van der Waals surface area contributed by atoms with E-state index in [1.54, 1.807) is 12.4 Å². The lowest BCUT2D eigenvalue weighted by molar-refractivity contribution is 0.00578. The molecular weight excluding hydrogens is 267 g/mol. The number of hydrogen-bond acceptors (Lipinski definition) is 5. The quantitative estimate of drug-likeness (QED) is 0.793. The van der Waals surface area contributed by atoms with Crippen LogP contribution in [0.1, 0.15) is 33.4 Å². The van der Waals surface area contributed by atoms with Crippen molar-refractivity contribution in [3.63, 3.8) is 0 Å². The topological polar surface area (TPSA) is 57.4 Å². The van der Waals surface area contributed by atoms with Crippen LogP contribution in [0.4, 0.5) is 0 Å². The smallest absolute Gasteiger partial charge is 0.399 e. The summed E-state index contributed by atoms with van der Waals surface area (Å²) < 4.78 is 17.4. The van der Waals surface area contributed by atoms with E-state index in [-0.39, 0.29) is 11.2 Å². The fourth-order valence-corrected chi connectivity index (χ4v) is 2.20. The Morgan fingerprint density at radius 2 is 1.67 bits per heavy atom. The third-order valence-electron chi connectivity index (χ3n) is 4.20. The zero-order valence-electron chi connectivity index (χ0n) is 13.0. The molecule has 0 unspecified atom stereocenters. The summed E-state index contributed by atoms with van der Waals surface area (Å²) in [6.07, 6.45) is 3.50. The molecule has 1 saturated heterocycles. The van der Waals surface area contributed by atoms with Gasteiger partial charge in [0.15, 0.2) is 5.76 Å². The van der Waals surface area contributed by atoms with Crippen LogP contribution in [-0.2, 0) is 9.31 Å². The molecule has 2 aromatic heterocycles. The van der Waals surface area contributed by atoms with Crippen LogP contribution in [0.15, 0.2) is 29.0 Å². The third-order valence-corrected chi connectivity index (χ3v) is 4.20. The molecule has 0 spiro atoms. The van der Waals surface area contributed by atoms with E-state index in [9.17, 15) is 0 Å². The Kier molecular flexibility index (Phi) is 3.18. The summed E-state index contributed by atoms with van der Waals surface area (Å²) in [7, 11) is -0.425. The van der Waals surface area contributed by atoms with Crippen LogP contribution >= 0.6 is 0 Å². The Morgan fingerprint density at radius 1 is 1.00 bits per heavy atom. The molecule has 0 N–H and O–H groups in total. The molecule has 0 bridgehead atoms. The summed E-state index contributed by atoms with van der Waals surface area (Å²) in [6, 6.07) is 3.85. The predicted molar refractivity (Wildman–Crippen MR) is 80.2 cm³/mol. The highest BCUT2D eigenvalue weighted by atomic mass is 16.7. The molecule has 6 heteroatoms. The van der Waals surface area contributed by atoms with Crippen LogP contribution < -0.4 is 5.46 Å². The van der Waals surface area contributed by atoms with Crippen LogP contribution in [0.25, 0.3) is 11.3 Å². The summed E-state index contributed by atoms with van der Waals surface area (Å²) in [6.45, 7) is 10.0. The molecule has 0 aliphatic carbocycles. The molecule has 3 heterocycles. The van der Waals surface area contributed by atoms with Gasteiger partial charge in [-0.3, -0.25) is 4.98 Å². The van der Waals surface area contributed by atoms with Crippen molar-refractivity contribution in [3.05, 3.63) is 30.2 Å². The maximum atomic E-state index is 6.04. The van der Waals surface area contributed by atoms with Gasteiger partial charge >= 0.3 is 7.12 Å². The number of nitrogens with zero attached hydrogens (tertiary/aromatic N) is 2. The van der Waals surface area contributed by atoms with Gasteiger partial charge in [-0.15, -0.1) is 0 Å². The average molecular weight is 286 g/mol. The molecule has 1 aliphatic heterocycles. The number of aromatic nitrogens is 2. The molecular formula is C15H19BN2O3. The van der Waals surface area contributed by atoms with Crippen molar-refractivity contribution in [2.75, 3.05) is 0 Å². The van der Waals surface area contributed by atoms with E-state index in [4.69, 9.17) is 13.8 Å². The zero-order valence-corrected chi connectivity index (χ0v) is 13.0. The lowest BCUT2D eigenvalue weighted by atomic mass is 9.79. The molecule has 1 aliphatic rings. The summed E-state index contributed by atoms with van der Waals surface area (Å²) in [4.78, 5) is 4.26. The van der Waals surface area contributed by atoms with Gasteiger partial charge in [0.2, 0.25) is 0 Å². The zero-order chi connectivity index (χ0) is 15.3. The predicted octanol–water partition coefficient (Wildman–Crippen LogP) is 2.34. The summed E-state index contributed by atoms with van der Waals surface area (Å²) in [5, 5.41) is 3.90. The minimum Gasteiger partial charge on any atom is -0.399 e. The van der Waals surface area contributed by atoms with E-state index < -0.39 is 7.12 Å². The van der Waals surface area contributed by atoms with Crippen molar-refractivity contribution in [2.45, 2.75) is 45.8 Å². The maximum Gasteiger partial charge on any atom is 0.496 e. The Hall–Kier alpha value is -1.66. The van der Waals surface area contributed by atoms with Crippen molar-refractivity contribution in [2.24, 2.45) is 0 Å². The number of rotatable bonds is 2. The Morgan fingerprint density at radius 3 is 2.24 bits per heavy atom. The van der Waals surface area contributed by atoms with Gasteiger partial charge in [0.05, 0.1) is 16.9 Å². The largest absolute Gasteiger partial charge is 0.496 e. The van der Waals surface area contributed by atoms with Gasteiger partial charge in [0.25, 0.3) is 0 Å². The molecule has 2 aromatic rings. The van der Waals surface area contributed by atoms with Crippen molar-refractivity contribution < 1.29 is 13.8 Å². The van der Waals surface area contributed by atoms with E-state index in [2.05, 4.69) is 10.1 Å². The van der Waals surface area contributed by atoms with E-state index >= 15 is 0 Å². The van der Waals surface area contributed by atoms with Gasteiger partial charge in [-0.05, 0) is 40.7 Å². The minimum atomic E-state index is -0.425. The van der Waals surface area contributed by atoms with Gasteiger partial charge < -0.3 is 13.8 Å². The standard InChI is InChI=1S/C15H19BN2O3/c1-10-6-13(19-18-10)11-7-12(9-17-8-11)16-20-14(2,3)15(4,5)21-16/h6-9H,1-5H3. The van der Waals surface area contributed by atoms with Gasteiger partial charge in [-0.2, -0.15) is 0 Å². The van der Waals surface area contributed by atoms with Gasteiger partial charge in [0, 0.05) is 29.5 Å². The van der Waals surface area contributed by atoms with E-state index in [1.165, 1.54) is 0 Å². The molecule has 5 nitrogen and oxygen atoms in total. The summed E-state index contributed by atoms with van der Waals surface area (Å²) in [5.74, 6) is 0.693. The van der Waals surface area contributed by atoms with Crippen molar-refractivity contribution in [3.8, 4) is 11.3 Å². The monoisotopic (exact) mass is 286 g/mol. The fraction of sp³-hybridized carbons (Fsp3) is 0.467. The molecule has 1 fully saturated rings. The summed E-state index contributed by atoms with van der Waals surface area (Å²) >= 11 is 0. The second-order valence-electron chi connectivity index (χ2n) is 6.43. The normalized spacial score (nSPS) is 20.0. The third kappa shape index (κ3) is 2.49. The first-order chi connectivity index (χ1) is 9.78. The van der Waals surface area contributed by atoms with Crippen LogP contribution in [0, 0.1) is 6.92 Å². The average Bonchev–Trinajstić information content (AvgIpc) is 2.92. The lowest BCUT2D eigenvalue weighted by Gasteiger charge is -2.32. The molecule has 0 atom stereocenters. The SMILES string of the molecule is Cc1cc(-c2cncc(B3OC(C)(C)C(C)(C)O3)c2)on1. The Labute approximate surface area is 124 Å². The van der Waals surface area contributed by atoms with Gasteiger partial charge in [-0.1, -0.05) is 5.16 Å². The van der Waals surface area contributed by atoms with Crippen LogP contribution in [0.5, 0.6) is 0 Å². The fourth-order valence-electron chi connectivity index (χ4n) is 2.20. The first kappa shape index (κ1) is 14.3. The van der Waals surface area contributed by atoms with Crippen LogP contribution in [0.3, 0.4) is 0 Å². The molecule has 21 heavy (non-hydrogen) atoms. The highest BCUT2D eigenvalue weighted by Gasteiger charge is 2.51. The second kappa shape index (κ2) is 4.68. The first-order valence-electron chi connectivity index (χ1n) is 7.03. The molecule has 0 amide bonds. The first-order valence-corrected chi connectivity index (χ1v) is 7.03. The minimum absolute atomic E-state index is 0.365. The van der Waals surface area contributed by atoms with Crippen LogP contribution in [-0.4, -0.2) is 28.5 Å².